The van der Waals surface area contributed by atoms with Gasteiger partial charge in [-0.05, 0) is 6.92 Å². The Morgan fingerprint density at radius 1 is 1.35 bits per heavy atom. The molecule has 1 aromatic heterocycles. The smallest absolute Gasteiger partial charge is 0.317 e. The summed E-state index contributed by atoms with van der Waals surface area (Å²) in [5, 5.41) is 5.26. The van der Waals surface area contributed by atoms with Crippen molar-refractivity contribution in [2.75, 3.05) is 32.7 Å². The fourth-order valence-corrected chi connectivity index (χ4v) is 2.69. The topological polar surface area (TPSA) is 91.6 Å². The van der Waals surface area contributed by atoms with E-state index in [1.807, 2.05) is 6.92 Å². The number of piperazine rings is 1. The molecule has 0 spiro atoms. The number of thiazole rings is 1. The first kappa shape index (κ1) is 14.7. The molecule has 1 saturated heterocycles. The molecule has 7 nitrogen and oxygen atoms in total. The van der Waals surface area contributed by atoms with Crippen molar-refractivity contribution in [3.63, 3.8) is 0 Å². The van der Waals surface area contributed by atoms with E-state index in [0.29, 0.717) is 45.0 Å². The molecule has 8 heteroatoms. The summed E-state index contributed by atoms with van der Waals surface area (Å²) in [6, 6.07) is -0.0707. The summed E-state index contributed by atoms with van der Waals surface area (Å²) >= 11 is 1.40. The average Bonchev–Trinajstić information content (AvgIpc) is 2.96. The van der Waals surface area contributed by atoms with Crippen LogP contribution >= 0.6 is 11.3 Å². The van der Waals surface area contributed by atoms with Gasteiger partial charge in [-0.25, -0.2) is 9.78 Å². The molecule has 0 radical (unpaired) electrons. The highest BCUT2D eigenvalue weighted by Gasteiger charge is 2.25. The standard InChI is InChI=1S/C12H19N5O2S/c1-2-14-12(19)17-5-3-16(4-6-17)11(18)9-8-20-10(7-13)15-9/h8H,2-7,13H2,1H3,(H,14,19). The number of urea groups is 1. The molecule has 110 valence electrons. The Balaban J connectivity index is 1.90. The molecule has 1 aliphatic heterocycles. The summed E-state index contributed by atoms with van der Waals surface area (Å²) in [5.74, 6) is -0.0866. The maximum Gasteiger partial charge on any atom is 0.317 e. The molecular weight excluding hydrogens is 278 g/mol. The van der Waals surface area contributed by atoms with Crippen LogP contribution < -0.4 is 11.1 Å². The molecule has 0 aromatic carbocycles. The molecule has 1 aromatic rings. The van der Waals surface area contributed by atoms with Crippen LogP contribution in [0.1, 0.15) is 22.4 Å². The van der Waals surface area contributed by atoms with Crippen molar-refractivity contribution in [2.24, 2.45) is 5.73 Å². The second kappa shape index (κ2) is 6.67. The van der Waals surface area contributed by atoms with Crippen molar-refractivity contribution >= 4 is 23.3 Å². The van der Waals surface area contributed by atoms with Crippen LogP contribution in [0.5, 0.6) is 0 Å². The quantitative estimate of drug-likeness (QED) is 0.827. The number of amides is 3. The second-order valence-electron chi connectivity index (χ2n) is 4.45. The molecule has 0 bridgehead atoms. The summed E-state index contributed by atoms with van der Waals surface area (Å²) in [6.45, 7) is 5.00. The predicted molar refractivity (Wildman–Crippen MR) is 76.6 cm³/mol. The minimum absolute atomic E-state index is 0.0707. The molecule has 2 heterocycles. The highest BCUT2D eigenvalue weighted by Crippen LogP contribution is 2.13. The lowest BCUT2D eigenvalue weighted by atomic mass is 10.3. The van der Waals surface area contributed by atoms with Crippen molar-refractivity contribution in [1.29, 1.82) is 0 Å². The Labute approximate surface area is 121 Å². The molecular formula is C12H19N5O2S. The first-order chi connectivity index (χ1) is 9.65. The summed E-state index contributed by atoms with van der Waals surface area (Å²) in [7, 11) is 0. The van der Waals surface area contributed by atoms with Gasteiger partial charge in [0.25, 0.3) is 5.91 Å². The van der Waals surface area contributed by atoms with Gasteiger partial charge in [-0.1, -0.05) is 0 Å². The summed E-state index contributed by atoms with van der Waals surface area (Å²) in [4.78, 5) is 31.6. The lowest BCUT2D eigenvalue weighted by Gasteiger charge is -2.34. The van der Waals surface area contributed by atoms with Gasteiger partial charge in [0, 0.05) is 44.6 Å². The Kier molecular flexibility index (Phi) is 4.91. The van der Waals surface area contributed by atoms with E-state index in [4.69, 9.17) is 5.73 Å². The fourth-order valence-electron chi connectivity index (χ4n) is 2.04. The Bertz CT molecular complexity index is 482. The van der Waals surface area contributed by atoms with Gasteiger partial charge in [-0.3, -0.25) is 4.79 Å². The Morgan fingerprint density at radius 3 is 2.55 bits per heavy atom. The molecule has 2 rings (SSSR count). The van der Waals surface area contributed by atoms with Crippen molar-refractivity contribution in [3.8, 4) is 0 Å². The number of nitrogens with two attached hydrogens (primary N) is 1. The molecule has 3 N–H and O–H groups in total. The number of hydrogen-bond acceptors (Lipinski definition) is 5. The number of nitrogens with zero attached hydrogens (tertiary/aromatic N) is 3. The van der Waals surface area contributed by atoms with Crippen LogP contribution in [0.15, 0.2) is 5.38 Å². The van der Waals surface area contributed by atoms with Gasteiger partial charge in [-0.15, -0.1) is 11.3 Å². The van der Waals surface area contributed by atoms with E-state index in [2.05, 4.69) is 10.3 Å². The van der Waals surface area contributed by atoms with Crippen molar-refractivity contribution in [2.45, 2.75) is 13.5 Å². The van der Waals surface area contributed by atoms with Crippen molar-refractivity contribution < 1.29 is 9.59 Å². The van der Waals surface area contributed by atoms with E-state index in [1.54, 1.807) is 15.2 Å². The number of hydrogen-bond donors (Lipinski definition) is 2. The average molecular weight is 297 g/mol. The Hall–Kier alpha value is -1.67. The third-order valence-corrected chi connectivity index (χ3v) is 4.00. The third kappa shape index (κ3) is 3.26. The molecule has 0 aliphatic carbocycles. The molecule has 1 aliphatic rings. The lowest BCUT2D eigenvalue weighted by Crippen LogP contribution is -2.53. The van der Waals surface area contributed by atoms with Gasteiger partial charge in [0.2, 0.25) is 0 Å². The monoisotopic (exact) mass is 297 g/mol. The van der Waals surface area contributed by atoms with Crippen molar-refractivity contribution in [1.82, 2.24) is 20.1 Å². The zero-order chi connectivity index (χ0) is 14.5. The third-order valence-electron chi connectivity index (χ3n) is 3.13. The number of carbonyl (C=O) groups is 2. The summed E-state index contributed by atoms with van der Waals surface area (Å²) in [5.41, 5.74) is 5.94. The molecule has 20 heavy (non-hydrogen) atoms. The van der Waals surface area contributed by atoms with Gasteiger partial charge < -0.3 is 20.9 Å². The first-order valence-electron chi connectivity index (χ1n) is 6.62. The van der Waals surface area contributed by atoms with E-state index in [-0.39, 0.29) is 11.9 Å². The van der Waals surface area contributed by atoms with Crippen molar-refractivity contribution in [3.05, 3.63) is 16.1 Å². The van der Waals surface area contributed by atoms with Gasteiger partial charge in [0.1, 0.15) is 10.7 Å². The largest absolute Gasteiger partial charge is 0.338 e. The minimum atomic E-state index is -0.0866. The number of aromatic nitrogens is 1. The second-order valence-corrected chi connectivity index (χ2v) is 5.39. The number of carbonyl (C=O) groups excluding carboxylic acids is 2. The molecule has 1 fully saturated rings. The van der Waals surface area contributed by atoms with Gasteiger partial charge in [0.05, 0.1) is 0 Å². The van der Waals surface area contributed by atoms with E-state index >= 15 is 0 Å². The zero-order valence-corrected chi connectivity index (χ0v) is 12.3. The first-order valence-corrected chi connectivity index (χ1v) is 7.50. The normalized spacial score (nSPS) is 15.3. The molecule has 3 amide bonds. The summed E-state index contributed by atoms with van der Waals surface area (Å²) in [6.07, 6.45) is 0. The summed E-state index contributed by atoms with van der Waals surface area (Å²) < 4.78 is 0. The van der Waals surface area contributed by atoms with Crippen LogP contribution in [-0.2, 0) is 6.54 Å². The number of nitrogens with one attached hydrogen (secondary N) is 1. The van der Waals surface area contributed by atoms with Crippen LogP contribution in [0.2, 0.25) is 0 Å². The Morgan fingerprint density at radius 2 is 2.00 bits per heavy atom. The highest BCUT2D eigenvalue weighted by atomic mass is 32.1. The van der Waals surface area contributed by atoms with E-state index in [0.717, 1.165) is 5.01 Å². The van der Waals surface area contributed by atoms with Crippen LogP contribution in [-0.4, -0.2) is 59.4 Å². The van der Waals surface area contributed by atoms with E-state index in [9.17, 15) is 9.59 Å². The zero-order valence-electron chi connectivity index (χ0n) is 11.5. The van der Waals surface area contributed by atoms with Crippen LogP contribution in [0.3, 0.4) is 0 Å². The molecule has 0 atom stereocenters. The molecule has 0 unspecified atom stereocenters. The van der Waals surface area contributed by atoms with E-state index < -0.39 is 0 Å². The van der Waals surface area contributed by atoms with Gasteiger partial charge >= 0.3 is 6.03 Å². The maximum atomic E-state index is 12.2. The van der Waals surface area contributed by atoms with Crippen LogP contribution in [0, 0.1) is 0 Å². The SMILES string of the molecule is CCNC(=O)N1CCN(C(=O)c2csc(CN)n2)CC1. The van der Waals surface area contributed by atoms with Gasteiger partial charge in [0.15, 0.2) is 0 Å². The van der Waals surface area contributed by atoms with E-state index in [1.165, 1.54) is 11.3 Å². The van der Waals surface area contributed by atoms with Gasteiger partial charge in [-0.2, -0.15) is 0 Å². The lowest BCUT2D eigenvalue weighted by molar-refractivity contribution is 0.0660. The minimum Gasteiger partial charge on any atom is -0.338 e. The maximum absolute atomic E-state index is 12.2. The molecule has 0 saturated carbocycles. The predicted octanol–water partition coefficient (Wildman–Crippen LogP) is 0.0891. The highest BCUT2D eigenvalue weighted by molar-refractivity contribution is 7.09. The number of rotatable bonds is 3. The van der Waals surface area contributed by atoms with Crippen LogP contribution in [0.4, 0.5) is 4.79 Å². The fraction of sp³-hybridized carbons (Fsp3) is 0.583. The van der Waals surface area contributed by atoms with Crippen LogP contribution in [0.25, 0.3) is 0 Å².